The summed E-state index contributed by atoms with van der Waals surface area (Å²) in [5, 5.41) is 14.9. The molecule has 1 aromatic rings. The standard InChI is InChI=1S/C24H33NO4/c1-8-18(25-28-9-2)22-19(26)10-16(11-20(22)27)21-15(5)13(3)14(4)17-12-24(6,7)29-23(17)21/h16,26H,8-12H2,1-7H3/b25-18-. The van der Waals surface area contributed by atoms with Gasteiger partial charge in [-0.1, -0.05) is 12.1 Å². The Kier molecular flexibility index (Phi) is 5.79. The van der Waals surface area contributed by atoms with E-state index in [9.17, 15) is 9.90 Å². The van der Waals surface area contributed by atoms with Crippen molar-refractivity contribution in [2.45, 2.75) is 85.7 Å². The monoisotopic (exact) mass is 399 g/mol. The molecule has 1 heterocycles. The van der Waals surface area contributed by atoms with Crippen molar-refractivity contribution in [1.82, 2.24) is 0 Å². The molecule has 0 radical (unpaired) electrons. The predicted octanol–water partition coefficient (Wildman–Crippen LogP) is 5.39. The molecule has 2 aliphatic rings. The summed E-state index contributed by atoms with van der Waals surface area (Å²) < 4.78 is 6.36. The van der Waals surface area contributed by atoms with Crippen LogP contribution in [0.4, 0.5) is 0 Å². The normalized spacial score (nSPS) is 21.3. The maximum Gasteiger partial charge on any atom is 0.168 e. The maximum absolute atomic E-state index is 13.0. The average molecular weight is 400 g/mol. The minimum absolute atomic E-state index is 0.0808. The van der Waals surface area contributed by atoms with Crippen LogP contribution in [0.2, 0.25) is 0 Å². The fourth-order valence-corrected chi connectivity index (χ4v) is 4.63. The molecule has 0 amide bonds. The van der Waals surface area contributed by atoms with Crippen LogP contribution in [0.1, 0.15) is 80.7 Å². The molecule has 1 atom stereocenters. The molecule has 1 N–H and O–H groups in total. The number of allylic oxidation sites excluding steroid dienone is 2. The highest BCUT2D eigenvalue weighted by Gasteiger charge is 2.39. The highest BCUT2D eigenvalue weighted by molar-refractivity contribution is 6.23. The zero-order valence-electron chi connectivity index (χ0n) is 18.7. The van der Waals surface area contributed by atoms with E-state index in [2.05, 4.69) is 39.8 Å². The zero-order chi connectivity index (χ0) is 21.5. The first-order valence-electron chi connectivity index (χ1n) is 10.6. The van der Waals surface area contributed by atoms with Crippen LogP contribution in [0, 0.1) is 20.8 Å². The van der Waals surface area contributed by atoms with Gasteiger partial charge in [0.15, 0.2) is 5.78 Å². The Morgan fingerprint density at radius 2 is 1.86 bits per heavy atom. The molecule has 1 aliphatic heterocycles. The van der Waals surface area contributed by atoms with Crippen molar-refractivity contribution in [2.75, 3.05) is 6.61 Å². The Balaban J connectivity index is 2.06. The SMILES string of the molecule is CCO/N=C(/CC)C1=C(O)CC(c2c(C)c(C)c(C)c3c2OC(C)(C)C3)CC1=O. The molecule has 1 aliphatic carbocycles. The van der Waals surface area contributed by atoms with Gasteiger partial charge < -0.3 is 14.7 Å². The summed E-state index contributed by atoms with van der Waals surface area (Å²) in [6, 6.07) is 0. The molecule has 5 nitrogen and oxygen atoms in total. The lowest BCUT2D eigenvalue weighted by Crippen LogP contribution is -2.26. The second-order valence-electron chi connectivity index (χ2n) is 8.79. The topological polar surface area (TPSA) is 68.1 Å². The van der Waals surface area contributed by atoms with Gasteiger partial charge in [0.2, 0.25) is 0 Å². The van der Waals surface area contributed by atoms with E-state index in [1.165, 1.54) is 16.7 Å². The van der Waals surface area contributed by atoms with Crippen LogP contribution in [-0.4, -0.2) is 28.8 Å². The first-order valence-corrected chi connectivity index (χ1v) is 10.6. The van der Waals surface area contributed by atoms with Gasteiger partial charge in [-0.15, -0.1) is 0 Å². The number of oxime groups is 1. The molecule has 0 bridgehead atoms. The molecule has 5 heteroatoms. The number of aliphatic hydroxyl groups excluding tert-OH is 1. The fraction of sp³-hybridized carbons (Fsp3) is 0.583. The van der Waals surface area contributed by atoms with Crippen molar-refractivity contribution in [3.63, 3.8) is 0 Å². The number of ether oxygens (including phenoxy) is 1. The van der Waals surface area contributed by atoms with Crippen LogP contribution in [0.15, 0.2) is 16.5 Å². The smallest absolute Gasteiger partial charge is 0.168 e. The molecule has 0 aromatic heterocycles. The third-order valence-electron chi connectivity index (χ3n) is 6.26. The molecule has 0 saturated heterocycles. The summed E-state index contributed by atoms with van der Waals surface area (Å²) in [4.78, 5) is 18.2. The summed E-state index contributed by atoms with van der Waals surface area (Å²) >= 11 is 0. The van der Waals surface area contributed by atoms with Crippen molar-refractivity contribution >= 4 is 11.5 Å². The third kappa shape index (κ3) is 3.79. The van der Waals surface area contributed by atoms with Crippen LogP contribution in [0.3, 0.4) is 0 Å². The largest absolute Gasteiger partial charge is 0.511 e. The van der Waals surface area contributed by atoms with Gasteiger partial charge in [-0.2, -0.15) is 0 Å². The van der Waals surface area contributed by atoms with Gasteiger partial charge in [0.1, 0.15) is 23.7 Å². The maximum atomic E-state index is 13.0. The number of benzene rings is 1. The van der Waals surface area contributed by atoms with Gasteiger partial charge in [0, 0.05) is 36.3 Å². The van der Waals surface area contributed by atoms with Crippen molar-refractivity contribution in [2.24, 2.45) is 5.16 Å². The van der Waals surface area contributed by atoms with Gasteiger partial charge >= 0.3 is 0 Å². The third-order valence-corrected chi connectivity index (χ3v) is 6.26. The van der Waals surface area contributed by atoms with Crippen molar-refractivity contribution in [1.29, 1.82) is 0 Å². The van der Waals surface area contributed by atoms with E-state index in [-0.39, 0.29) is 23.1 Å². The Labute approximate surface area is 173 Å². The highest BCUT2D eigenvalue weighted by atomic mass is 16.6. The first kappa shape index (κ1) is 21.4. The Bertz CT molecular complexity index is 908. The molecule has 158 valence electrons. The van der Waals surface area contributed by atoms with E-state index in [1.54, 1.807) is 0 Å². The molecule has 0 spiro atoms. The number of carbonyl (C=O) groups excluding carboxylic acids is 1. The van der Waals surface area contributed by atoms with Crippen molar-refractivity contribution < 1.29 is 19.5 Å². The molecule has 1 unspecified atom stereocenters. The average Bonchev–Trinajstić information content (AvgIpc) is 2.97. The lowest BCUT2D eigenvalue weighted by Gasteiger charge is -2.28. The number of ketones is 1. The van der Waals surface area contributed by atoms with Crippen LogP contribution in [0.5, 0.6) is 5.75 Å². The van der Waals surface area contributed by atoms with Crippen LogP contribution in [0.25, 0.3) is 0 Å². The summed E-state index contributed by atoms with van der Waals surface area (Å²) in [5.74, 6) is 0.847. The Morgan fingerprint density at radius 3 is 2.45 bits per heavy atom. The van der Waals surface area contributed by atoms with E-state index in [4.69, 9.17) is 9.57 Å². The molecular weight excluding hydrogens is 366 g/mol. The highest BCUT2D eigenvalue weighted by Crippen LogP contribution is 2.48. The lowest BCUT2D eigenvalue weighted by atomic mass is 9.77. The number of nitrogens with zero attached hydrogens (tertiary/aromatic N) is 1. The zero-order valence-corrected chi connectivity index (χ0v) is 18.7. The lowest BCUT2D eigenvalue weighted by molar-refractivity contribution is -0.116. The van der Waals surface area contributed by atoms with Crippen LogP contribution < -0.4 is 4.74 Å². The van der Waals surface area contributed by atoms with Gasteiger partial charge in [0.25, 0.3) is 0 Å². The quantitative estimate of drug-likeness (QED) is 0.533. The summed E-state index contributed by atoms with van der Waals surface area (Å²) in [6.07, 6.45) is 2.14. The van der Waals surface area contributed by atoms with E-state index < -0.39 is 0 Å². The van der Waals surface area contributed by atoms with E-state index in [0.717, 1.165) is 23.3 Å². The first-order chi connectivity index (χ1) is 13.6. The Morgan fingerprint density at radius 1 is 1.17 bits per heavy atom. The van der Waals surface area contributed by atoms with E-state index in [0.29, 0.717) is 37.2 Å². The van der Waals surface area contributed by atoms with E-state index in [1.807, 2.05) is 13.8 Å². The molecule has 29 heavy (non-hydrogen) atoms. The second-order valence-corrected chi connectivity index (χ2v) is 8.79. The van der Waals surface area contributed by atoms with Gasteiger partial charge in [-0.25, -0.2) is 0 Å². The number of Topliss-reactive ketones (excluding diaryl/α,β-unsaturated/α-hetero) is 1. The summed E-state index contributed by atoms with van der Waals surface area (Å²) in [6.45, 7) is 14.8. The second kappa shape index (κ2) is 7.85. The van der Waals surface area contributed by atoms with Gasteiger partial charge in [-0.05, 0) is 64.7 Å². The number of rotatable bonds is 5. The van der Waals surface area contributed by atoms with Gasteiger partial charge in [-0.3, -0.25) is 4.79 Å². The van der Waals surface area contributed by atoms with Gasteiger partial charge in [0.05, 0.1) is 11.3 Å². The number of fused-ring (bicyclic) bond motifs is 1. The number of carbonyl (C=O) groups is 1. The molecular formula is C24H33NO4. The molecule has 3 rings (SSSR count). The Hall–Kier alpha value is -2.30. The fourth-order valence-electron chi connectivity index (χ4n) is 4.63. The summed E-state index contributed by atoms with van der Waals surface area (Å²) in [7, 11) is 0. The summed E-state index contributed by atoms with van der Waals surface area (Å²) in [5.41, 5.74) is 6.58. The van der Waals surface area contributed by atoms with Crippen molar-refractivity contribution in [3.8, 4) is 5.75 Å². The minimum Gasteiger partial charge on any atom is -0.511 e. The predicted molar refractivity (Wildman–Crippen MR) is 115 cm³/mol. The number of hydrogen-bond acceptors (Lipinski definition) is 5. The molecule has 1 aromatic carbocycles. The van der Waals surface area contributed by atoms with E-state index >= 15 is 0 Å². The van der Waals surface area contributed by atoms with Crippen LogP contribution >= 0.6 is 0 Å². The number of aliphatic hydroxyl groups is 1. The molecule has 0 saturated carbocycles. The number of hydrogen-bond donors (Lipinski definition) is 1. The minimum atomic E-state index is -0.261. The van der Waals surface area contributed by atoms with Crippen LogP contribution in [-0.2, 0) is 16.1 Å². The molecule has 0 fully saturated rings. The van der Waals surface area contributed by atoms with Crippen molar-refractivity contribution in [3.05, 3.63) is 39.1 Å².